The first kappa shape index (κ1) is 10.5. The van der Waals surface area contributed by atoms with Gasteiger partial charge in [-0.05, 0) is 24.3 Å². The molecule has 17 heavy (non-hydrogen) atoms. The lowest BCUT2D eigenvalue weighted by Crippen LogP contribution is -1.89. The van der Waals surface area contributed by atoms with E-state index in [0.717, 1.165) is 21.7 Å². The highest BCUT2D eigenvalue weighted by molar-refractivity contribution is 7.14. The summed E-state index contributed by atoms with van der Waals surface area (Å²) in [6.45, 7) is 0. The maximum Gasteiger partial charge on any atom is 0.188 e. The second kappa shape index (κ2) is 4.31. The van der Waals surface area contributed by atoms with Gasteiger partial charge in [-0.1, -0.05) is 17.7 Å². The number of thiazole rings is 1. The minimum absolute atomic E-state index is 0.514. The molecule has 1 aromatic carbocycles. The zero-order chi connectivity index (χ0) is 11.7. The van der Waals surface area contributed by atoms with Crippen LogP contribution in [-0.2, 0) is 0 Å². The monoisotopic (exact) mass is 261 g/mol. The van der Waals surface area contributed by atoms with E-state index < -0.39 is 0 Å². The van der Waals surface area contributed by atoms with Crippen molar-refractivity contribution in [1.29, 1.82) is 0 Å². The molecule has 3 nitrogen and oxygen atoms in total. The Kier molecular flexibility index (Phi) is 2.66. The lowest BCUT2D eigenvalue weighted by molar-refractivity contribution is 1.38. The van der Waals surface area contributed by atoms with Crippen LogP contribution in [0.5, 0.6) is 0 Å². The topological polar surface area (TPSA) is 37.8 Å². The molecule has 0 amide bonds. The van der Waals surface area contributed by atoms with Crippen LogP contribution in [0.25, 0.3) is 10.9 Å². The van der Waals surface area contributed by atoms with Crippen LogP contribution >= 0.6 is 22.9 Å². The molecule has 1 N–H and O–H groups in total. The third-order valence-electron chi connectivity index (χ3n) is 2.33. The lowest BCUT2D eigenvalue weighted by atomic mass is 10.2. The predicted molar refractivity (Wildman–Crippen MR) is 72.1 cm³/mol. The van der Waals surface area contributed by atoms with Gasteiger partial charge in [0.2, 0.25) is 0 Å². The molecule has 2 aromatic heterocycles. The highest BCUT2D eigenvalue weighted by Gasteiger charge is 2.01. The van der Waals surface area contributed by atoms with Crippen molar-refractivity contribution in [2.75, 3.05) is 5.32 Å². The summed E-state index contributed by atoms with van der Waals surface area (Å²) < 4.78 is 0. The second-order valence-electron chi connectivity index (χ2n) is 3.51. The van der Waals surface area contributed by atoms with Gasteiger partial charge in [0.25, 0.3) is 0 Å². The van der Waals surface area contributed by atoms with Crippen molar-refractivity contribution in [1.82, 2.24) is 9.97 Å². The van der Waals surface area contributed by atoms with E-state index in [1.54, 1.807) is 11.6 Å². The number of halogens is 1. The number of benzene rings is 1. The summed E-state index contributed by atoms with van der Waals surface area (Å²) in [5.41, 5.74) is 1.96. The van der Waals surface area contributed by atoms with Crippen LogP contribution in [0.15, 0.2) is 41.9 Å². The first-order valence-corrected chi connectivity index (χ1v) is 6.30. The Morgan fingerprint density at radius 2 is 2.18 bits per heavy atom. The van der Waals surface area contributed by atoms with Crippen molar-refractivity contribution in [3.63, 3.8) is 0 Å². The largest absolute Gasteiger partial charge is 0.331 e. The average molecular weight is 262 g/mol. The average Bonchev–Trinajstić information content (AvgIpc) is 2.75. The molecule has 0 radical (unpaired) electrons. The van der Waals surface area contributed by atoms with E-state index in [2.05, 4.69) is 15.3 Å². The van der Waals surface area contributed by atoms with Gasteiger partial charge in [0.1, 0.15) is 5.15 Å². The van der Waals surface area contributed by atoms with E-state index in [1.807, 2.05) is 30.3 Å². The Balaban J connectivity index is 1.95. The number of nitrogens with one attached hydrogen (secondary N) is 1. The fourth-order valence-electron chi connectivity index (χ4n) is 1.59. The van der Waals surface area contributed by atoms with Crippen LogP contribution in [0.2, 0.25) is 5.15 Å². The normalized spacial score (nSPS) is 10.6. The van der Waals surface area contributed by atoms with E-state index in [4.69, 9.17) is 11.6 Å². The summed E-state index contributed by atoms with van der Waals surface area (Å²) in [6.07, 6.45) is 1.79. The predicted octanol–water partition coefficient (Wildman–Crippen LogP) is 4.09. The molecule has 3 aromatic rings. The van der Waals surface area contributed by atoms with Crippen molar-refractivity contribution in [2.45, 2.75) is 0 Å². The minimum Gasteiger partial charge on any atom is -0.331 e. The van der Waals surface area contributed by atoms with E-state index in [-0.39, 0.29) is 0 Å². The molecule has 0 aliphatic carbocycles. The number of aromatic nitrogens is 2. The van der Waals surface area contributed by atoms with E-state index in [0.29, 0.717) is 5.15 Å². The van der Waals surface area contributed by atoms with Gasteiger partial charge in [-0.15, -0.1) is 11.3 Å². The minimum atomic E-state index is 0.514. The fourth-order valence-corrected chi connectivity index (χ4v) is 2.45. The van der Waals surface area contributed by atoms with E-state index in [1.165, 1.54) is 11.3 Å². The van der Waals surface area contributed by atoms with Crippen molar-refractivity contribution in [3.05, 3.63) is 47.1 Å². The second-order valence-corrected chi connectivity index (χ2v) is 4.76. The van der Waals surface area contributed by atoms with Crippen molar-refractivity contribution in [3.8, 4) is 0 Å². The summed E-state index contributed by atoms with van der Waals surface area (Å²) in [7, 11) is 0. The Bertz CT molecular complexity index is 665. The quantitative estimate of drug-likeness (QED) is 0.755. The summed E-state index contributed by atoms with van der Waals surface area (Å²) in [6, 6.07) is 9.95. The Labute approximate surface area is 107 Å². The molecule has 0 bridgehead atoms. The van der Waals surface area contributed by atoms with E-state index in [9.17, 15) is 0 Å². The molecule has 3 rings (SSSR count). The number of fused-ring (bicyclic) bond motifs is 1. The molecular weight excluding hydrogens is 254 g/mol. The summed E-state index contributed by atoms with van der Waals surface area (Å²) >= 11 is 7.25. The molecule has 0 saturated carbocycles. The van der Waals surface area contributed by atoms with Crippen molar-refractivity contribution < 1.29 is 0 Å². The smallest absolute Gasteiger partial charge is 0.188 e. The molecule has 0 saturated heterocycles. The zero-order valence-corrected chi connectivity index (χ0v) is 10.3. The number of pyridine rings is 1. The summed E-state index contributed by atoms with van der Waals surface area (Å²) in [5.74, 6) is 0. The van der Waals surface area contributed by atoms with Crippen LogP contribution in [0.3, 0.4) is 0 Å². The van der Waals surface area contributed by atoms with Crippen LogP contribution in [-0.4, -0.2) is 9.97 Å². The molecule has 0 aliphatic rings. The summed E-state index contributed by atoms with van der Waals surface area (Å²) in [4.78, 5) is 8.41. The number of rotatable bonds is 2. The third kappa shape index (κ3) is 2.23. The molecule has 0 aliphatic heterocycles. The van der Waals surface area contributed by atoms with Crippen molar-refractivity contribution in [2.24, 2.45) is 0 Å². The number of hydrogen-bond acceptors (Lipinski definition) is 4. The van der Waals surface area contributed by atoms with Gasteiger partial charge in [0.15, 0.2) is 5.13 Å². The molecular formula is C12H8ClN3S. The molecule has 2 heterocycles. The van der Waals surface area contributed by atoms with Gasteiger partial charge >= 0.3 is 0 Å². The highest BCUT2D eigenvalue weighted by Crippen LogP contribution is 2.25. The van der Waals surface area contributed by atoms with Crippen LogP contribution in [0, 0.1) is 0 Å². The van der Waals surface area contributed by atoms with Crippen LogP contribution in [0.4, 0.5) is 10.8 Å². The highest BCUT2D eigenvalue weighted by atomic mass is 35.5. The fraction of sp³-hybridized carbons (Fsp3) is 0. The molecule has 0 unspecified atom stereocenters. The maximum atomic E-state index is 5.77. The van der Waals surface area contributed by atoms with Gasteiger partial charge in [-0.2, -0.15) is 0 Å². The van der Waals surface area contributed by atoms with Gasteiger partial charge in [-0.3, -0.25) is 4.98 Å². The molecule has 0 spiro atoms. The maximum absolute atomic E-state index is 5.77. The van der Waals surface area contributed by atoms with Crippen molar-refractivity contribution >= 4 is 44.7 Å². The third-order valence-corrected chi connectivity index (χ3v) is 3.41. The Hall–Kier alpha value is -1.65. The lowest BCUT2D eigenvalue weighted by Gasteiger charge is -2.03. The van der Waals surface area contributed by atoms with Crippen LogP contribution in [0.1, 0.15) is 0 Å². The summed E-state index contributed by atoms with van der Waals surface area (Å²) in [5, 5.41) is 7.41. The SMILES string of the molecule is Clc1csc(Nc2ccc3ncccc3c2)n1. The number of hydrogen-bond donors (Lipinski definition) is 1. The van der Waals surface area contributed by atoms with Gasteiger partial charge in [0.05, 0.1) is 5.52 Å². The zero-order valence-electron chi connectivity index (χ0n) is 8.72. The Morgan fingerprint density at radius 3 is 3.00 bits per heavy atom. The van der Waals surface area contributed by atoms with Gasteiger partial charge in [0, 0.05) is 22.7 Å². The Morgan fingerprint density at radius 1 is 1.24 bits per heavy atom. The van der Waals surface area contributed by atoms with Gasteiger partial charge < -0.3 is 5.32 Å². The van der Waals surface area contributed by atoms with Gasteiger partial charge in [-0.25, -0.2) is 4.98 Å². The number of nitrogens with zero attached hydrogens (tertiary/aromatic N) is 2. The first-order chi connectivity index (χ1) is 8.31. The molecule has 0 fully saturated rings. The van der Waals surface area contributed by atoms with E-state index >= 15 is 0 Å². The molecule has 5 heteroatoms. The molecule has 84 valence electrons. The first-order valence-electron chi connectivity index (χ1n) is 5.04. The van der Waals surface area contributed by atoms with Crippen LogP contribution < -0.4 is 5.32 Å². The molecule has 0 atom stereocenters. The number of anilines is 2. The standard InChI is InChI=1S/C12H8ClN3S/c13-11-7-17-12(16-11)15-9-3-4-10-8(6-9)2-1-5-14-10/h1-7H,(H,15,16).